The van der Waals surface area contributed by atoms with E-state index in [1.807, 2.05) is 87.7 Å². The number of carbonyl (C=O) groups excluding carboxylic acids is 2. The number of nitrogens with zero attached hydrogens (tertiary/aromatic N) is 2. The van der Waals surface area contributed by atoms with Crippen LogP contribution in [0.1, 0.15) is 31.9 Å². The molecular weight excluding hydrogens is 631 g/mol. The monoisotopic (exact) mass is 673 g/mol. The van der Waals surface area contributed by atoms with Crippen molar-refractivity contribution in [1.82, 2.24) is 10.2 Å². The smallest absolute Gasteiger partial charge is 0.264 e. The summed E-state index contributed by atoms with van der Waals surface area (Å²) in [5.74, 6) is -0.0188. The molecule has 0 aromatic heterocycles. The number of anilines is 1. The highest BCUT2D eigenvalue weighted by molar-refractivity contribution is 7.98. The van der Waals surface area contributed by atoms with Crippen molar-refractivity contribution in [2.24, 2.45) is 5.92 Å². The van der Waals surface area contributed by atoms with Crippen LogP contribution in [0.2, 0.25) is 0 Å². The van der Waals surface area contributed by atoms with Crippen LogP contribution in [-0.4, -0.2) is 57.1 Å². The fraction of sp³-hybridized carbons (Fsp3) is 0.297. The standard InChI is InChI=1S/C37H43N3O5S2/c1-5-45-32-18-16-31(17-19-32)40(47(43,44)34-22-20-33(46-4)21-23-34)27-36(41)39(26-30-14-10-7-11-15-30)35(37(42)38-25-28(2)3)24-29-12-8-6-9-13-29/h6-23,28,35H,5,24-27H2,1-4H3,(H,38,42). The molecule has 0 bridgehead atoms. The number of hydrogen-bond donors (Lipinski definition) is 1. The summed E-state index contributed by atoms with van der Waals surface area (Å²) < 4.78 is 35.2. The van der Waals surface area contributed by atoms with E-state index in [2.05, 4.69) is 5.32 Å². The molecular formula is C37H43N3O5S2. The molecule has 47 heavy (non-hydrogen) atoms. The van der Waals surface area contributed by atoms with Crippen molar-refractivity contribution in [3.8, 4) is 5.75 Å². The molecule has 4 aromatic carbocycles. The molecule has 0 fully saturated rings. The van der Waals surface area contributed by atoms with Crippen molar-refractivity contribution in [2.45, 2.75) is 49.6 Å². The third kappa shape index (κ3) is 9.86. The Labute approximate surface area is 283 Å². The molecule has 1 N–H and O–H groups in total. The lowest BCUT2D eigenvalue weighted by molar-refractivity contribution is -0.140. The summed E-state index contributed by atoms with van der Waals surface area (Å²) in [7, 11) is -4.20. The van der Waals surface area contributed by atoms with E-state index in [1.54, 1.807) is 48.5 Å². The van der Waals surface area contributed by atoms with Crippen molar-refractivity contribution in [3.63, 3.8) is 0 Å². The minimum absolute atomic E-state index is 0.0575. The minimum atomic E-state index is -4.20. The fourth-order valence-corrected chi connectivity index (χ4v) is 6.86. The Morgan fingerprint density at radius 3 is 1.98 bits per heavy atom. The van der Waals surface area contributed by atoms with Gasteiger partial charge in [0.1, 0.15) is 18.3 Å². The first-order valence-electron chi connectivity index (χ1n) is 15.7. The highest BCUT2D eigenvalue weighted by Gasteiger charge is 2.34. The van der Waals surface area contributed by atoms with Crippen molar-refractivity contribution in [2.75, 3.05) is 30.3 Å². The molecule has 0 spiro atoms. The predicted octanol–water partition coefficient (Wildman–Crippen LogP) is 6.41. The molecule has 4 aromatic rings. The molecule has 0 radical (unpaired) electrons. The molecule has 4 rings (SSSR count). The number of hydrogen-bond acceptors (Lipinski definition) is 6. The molecule has 248 valence electrons. The number of sulfonamides is 1. The van der Waals surface area contributed by atoms with Crippen LogP contribution in [0.25, 0.3) is 0 Å². The summed E-state index contributed by atoms with van der Waals surface area (Å²) >= 11 is 1.51. The molecule has 0 aliphatic rings. The van der Waals surface area contributed by atoms with Gasteiger partial charge >= 0.3 is 0 Å². The first-order valence-corrected chi connectivity index (χ1v) is 18.3. The average Bonchev–Trinajstić information content (AvgIpc) is 3.09. The average molecular weight is 674 g/mol. The normalized spacial score (nSPS) is 11.9. The molecule has 0 heterocycles. The second kappa shape index (κ2) is 17.0. The van der Waals surface area contributed by atoms with E-state index in [0.717, 1.165) is 20.3 Å². The highest BCUT2D eigenvalue weighted by atomic mass is 32.2. The van der Waals surface area contributed by atoms with E-state index in [4.69, 9.17) is 4.74 Å². The Hall–Kier alpha value is -4.28. The number of rotatable bonds is 16. The SMILES string of the molecule is CCOc1ccc(N(CC(=O)N(Cc2ccccc2)C(Cc2ccccc2)C(=O)NCC(C)C)S(=O)(=O)c2ccc(SC)cc2)cc1. The van der Waals surface area contributed by atoms with E-state index in [0.29, 0.717) is 24.6 Å². The van der Waals surface area contributed by atoms with Gasteiger partial charge in [-0.2, -0.15) is 0 Å². The Morgan fingerprint density at radius 2 is 1.43 bits per heavy atom. The Kier molecular flexibility index (Phi) is 12.9. The van der Waals surface area contributed by atoms with Crippen LogP contribution in [0, 0.1) is 5.92 Å². The molecule has 1 unspecified atom stereocenters. The van der Waals surface area contributed by atoms with Crippen LogP contribution in [0.4, 0.5) is 5.69 Å². The quantitative estimate of drug-likeness (QED) is 0.138. The Bertz CT molecular complexity index is 1680. The highest BCUT2D eigenvalue weighted by Crippen LogP contribution is 2.28. The van der Waals surface area contributed by atoms with Crippen LogP contribution in [0.5, 0.6) is 5.75 Å². The maximum absolute atomic E-state index is 14.6. The van der Waals surface area contributed by atoms with Crippen LogP contribution in [0.15, 0.2) is 119 Å². The largest absolute Gasteiger partial charge is 0.494 e. The van der Waals surface area contributed by atoms with Crippen LogP contribution in [-0.2, 0) is 32.6 Å². The molecule has 2 amide bonds. The number of ether oxygens (including phenoxy) is 1. The van der Waals surface area contributed by atoms with Gasteiger partial charge in [-0.15, -0.1) is 11.8 Å². The van der Waals surface area contributed by atoms with Gasteiger partial charge in [-0.25, -0.2) is 8.42 Å². The van der Waals surface area contributed by atoms with Gasteiger partial charge in [-0.1, -0.05) is 74.5 Å². The molecule has 1 atom stereocenters. The molecule has 0 saturated carbocycles. The second-order valence-electron chi connectivity index (χ2n) is 11.5. The van der Waals surface area contributed by atoms with Gasteiger partial charge in [-0.05, 0) is 78.8 Å². The fourth-order valence-electron chi connectivity index (χ4n) is 5.04. The number of carbonyl (C=O) groups is 2. The summed E-state index contributed by atoms with van der Waals surface area (Å²) in [4.78, 5) is 30.9. The van der Waals surface area contributed by atoms with E-state index in [-0.39, 0.29) is 29.7 Å². The van der Waals surface area contributed by atoms with Crippen LogP contribution in [0.3, 0.4) is 0 Å². The zero-order valence-corrected chi connectivity index (χ0v) is 29.0. The topological polar surface area (TPSA) is 96.0 Å². The lowest BCUT2D eigenvalue weighted by Gasteiger charge is -2.34. The predicted molar refractivity (Wildman–Crippen MR) is 189 cm³/mol. The summed E-state index contributed by atoms with van der Waals surface area (Å²) in [6.07, 6.45) is 2.17. The van der Waals surface area contributed by atoms with Crippen LogP contribution >= 0.6 is 11.8 Å². The lowest BCUT2D eigenvalue weighted by Crippen LogP contribution is -2.53. The minimum Gasteiger partial charge on any atom is -0.494 e. The summed E-state index contributed by atoms with van der Waals surface area (Å²) in [5.41, 5.74) is 2.01. The second-order valence-corrected chi connectivity index (χ2v) is 14.2. The van der Waals surface area contributed by atoms with E-state index in [9.17, 15) is 18.0 Å². The zero-order valence-electron chi connectivity index (χ0n) is 27.3. The van der Waals surface area contributed by atoms with Crippen molar-refractivity contribution in [1.29, 1.82) is 0 Å². The van der Waals surface area contributed by atoms with Gasteiger partial charge in [0, 0.05) is 24.4 Å². The van der Waals surface area contributed by atoms with Gasteiger partial charge in [-0.3, -0.25) is 13.9 Å². The summed E-state index contributed by atoms with van der Waals surface area (Å²) in [6.45, 7) is 6.37. The van der Waals surface area contributed by atoms with E-state index < -0.39 is 28.5 Å². The van der Waals surface area contributed by atoms with Crippen molar-refractivity contribution in [3.05, 3.63) is 120 Å². The van der Waals surface area contributed by atoms with Gasteiger partial charge in [0.25, 0.3) is 10.0 Å². The number of thioether (sulfide) groups is 1. The van der Waals surface area contributed by atoms with E-state index in [1.165, 1.54) is 16.7 Å². The lowest BCUT2D eigenvalue weighted by atomic mass is 10.0. The van der Waals surface area contributed by atoms with Crippen LogP contribution < -0.4 is 14.4 Å². The van der Waals surface area contributed by atoms with Gasteiger partial charge < -0.3 is 15.0 Å². The maximum atomic E-state index is 14.6. The summed E-state index contributed by atoms with van der Waals surface area (Å²) in [6, 6.07) is 31.2. The summed E-state index contributed by atoms with van der Waals surface area (Å²) in [5, 5.41) is 3.01. The molecule has 0 saturated heterocycles. The molecule has 0 aliphatic carbocycles. The van der Waals surface area contributed by atoms with Gasteiger partial charge in [0.2, 0.25) is 11.8 Å². The first-order chi connectivity index (χ1) is 22.6. The molecule has 10 heteroatoms. The maximum Gasteiger partial charge on any atom is 0.264 e. The van der Waals surface area contributed by atoms with Gasteiger partial charge in [0.05, 0.1) is 17.2 Å². The Morgan fingerprint density at radius 1 is 0.830 bits per heavy atom. The zero-order chi connectivity index (χ0) is 33.8. The first kappa shape index (κ1) is 35.6. The molecule has 0 aliphatic heterocycles. The van der Waals surface area contributed by atoms with Crippen molar-refractivity contribution >= 4 is 39.3 Å². The van der Waals surface area contributed by atoms with Gasteiger partial charge in [0.15, 0.2) is 0 Å². The molecule has 8 nitrogen and oxygen atoms in total. The number of amides is 2. The third-order valence-corrected chi connectivity index (χ3v) is 10.0. The third-order valence-electron chi connectivity index (χ3n) is 7.51. The van der Waals surface area contributed by atoms with E-state index >= 15 is 0 Å². The van der Waals surface area contributed by atoms with Crippen molar-refractivity contribution < 1.29 is 22.7 Å². The number of nitrogens with one attached hydrogen (secondary N) is 1. The number of benzene rings is 4. The Balaban J connectivity index is 1.78.